The number of hydrogen-bond acceptors (Lipinski definition) is 6. The minimum absolute atomic E-state index is 0.0354. The van der Waals surface area contributed by atoms with Gasteiger partial charge in [0, 0.05) is 31.6 Å². The van der Waals surface area contributed by atoms with E-state index in [1.165, 1.54) is 29.0 Å². The lowest BCUT2D eigenvalue weighted by molar-refractivity contribution is -0.149. The highest BCUT2D eigenvalue weighted by atomic mass is 32.1. The summed E-state index contributed by atoms with van der Waals surface area (Å²) in [6, 6.07) is 14.2. The van der Waals surface area contributed by atoms with E-state index in [4.69, 9.17) is 10.5 Å². The first-order valence-corrected chi connectivity index (χ1v) is 12.5. The van der Waals surface area contributed by atoms with Gasteiger partial charge < -0.3 is 15.8 Å². The number of halogens is 2. The molecule has 0 saturated carbocycles. The first kappa shape index (κ1) is 26.7. The van der Waals surface area contributed by atoms with E-state index in [0.717, 1.165) is 18.1 Å². The van der Waals surface area contributed by atoms with Gasteiger partial charge in [-0.25, -0.2) is 8.78 Å². The van der Waals surface area contributed by atoms with Crippen molar-refractivity contribution < 1.29 is 23.1 Å². The molecule has 1 aromatic heterocycles. The Labute approximate surface area is 208 Å². The van der Waals surface area contributed by atoms with Gasteiger partial charge in [-0.2, -0.15) is 0 Å². The zero-order valence-corrected chi connectivity index (χ0v) is 20.5. The summed E-state index contributed by atoms with van der Waals surface area (Å²) >= 11 is 1.32. The number of ether oxygens (including phenoxy) is 1. The van der Waals surface area contributed by atoms with Crippen molar-refractivity contribution in [1.29, 1.82) is 0 Å². The molecule has 3 aromatic rings. The summed E-state index contributed by atoms with van der Waals surface area (Å²) in [4.78, 5) is 25.3. The molecule has 0 saturated heterocycles. The molecule has 0 bridgehead atoms. The van der Waals surface area contributed by atoms with E-state index in [-0.39, 0.29) is 31.6 Å². The van der Waals surface area contributed by atoms with Crippen LogP contribution in [0.5, 0.6) is 0 Å². The Morgan fingerprint density at radius 3 is 2.43 bits per heavy atom. The molecule has 8 heteroatoms. The van der Waals surface area contributed by atoms with Crippen molar-refractivity contribution in [2.75, 3.05) is 6.54 Å². The van der Waals surface area contributed by atoms with Crippen molar-refractivity contribution in [3.05, 3.63) is 93.2 Å². The van der Waals surface area contributed by atoms with Crippen LogP contribution >= 0.6 is 11.3 Å². The predicted octanol–water partition coefficient (Wildman–Crippen LogP) is 4.82. The fourth-order valence-electron chi connectivity index (χ4n) is 3.73. The van der Waals surface area contributed by atoms with Gasteiger partial charge in [-0.1, -0.05) is 37.3 Å². The van der Waals surface area contributed by atoms with Crippen molar-refractivity contribution in [2.45, 2.75) is 51.3 Å². The maximum Gasteiger partial charge on any atom is 0.306 e. The van der Waals surface area contributed by atoms with Crippen molar-refractivity contribution in [2.24, 2.45) is 5.73 Å². The number of nitrogens with two attached hydrogens (primary N) is 1. The molecule has 0 aliphatic rings. The van der Waals surface area contributed by atoms with Crippen LogP contribution < -0.4 is 11.1 Å². The second kappa shape index (κ2) is 13.2. The van der Waals surface area contributed by atoms with E-state index in [0.29, 0.717) is 17.0 Å². The molecule has 5 nitrogen and oxygen atoms in total. The molecule has 3 rings (SSSR count). The Bertz CT molecular complexity index is 1100. The summed E-state index contributed by atoms with van der Waals surface area (Å²) < 4.78 is 32.9. The van der Waals surface area contributed by atoms with Crippen LogP contribution in [-0.4, -0.2) is 30.4 Å². The quantitative estimate of drug-likeness (QED) is 0.260. The number of esters is 1. The average molecular weight is 501 g/mol. The van der Waals surface area contributed by atoms with Crippen molar-refractivity contribution in [3.63, 3.8) is 0 Å². The maximum absolute atomic E-state index is 13.6. The molecule has 2 unspecified atom stereocenters. The van der Waals surface area contributed by atoms with Crippen LogP contribution in [-0.2, 0) is 28.9 Å². The number of aryl methyl sites for hydroxylation is 1. The number of benzene rings is 2. The highest BCUT2D eigenvalue weighted by Gasteiger charge is 2.23. The molecule has 35 heavy (non-hydrogen) atoms. The number of hydrogen-bond donors (Lipinski definition) is 2. The number of Topliss-reactive ketones (excluding diaryl/α,β-unsaturated/α-hetero) is 1. The van der Waals surface area contributed by atoms with Crippen LogP contribution in [0.1, 0.15) is 46.1 Å². The van der Waals surface area contributed by atoms with Gasteiger partial charge in [0.05, 0.1) is 11.3 Å². The van der Waals surface area contributed by atoms with Crippen molar-refractivity contribution in [1.82, 2.24) is 5.32 Å². The normalized spacial score (nSPS) is 12.8. The molecule has 0 radical (unpaired) electrons. The fourth-order valence-corrected chi connectivity index (χ4v) is 4.43. The Kier molecular flexibility index (Phi) is 10.1. The number of rotatable bonds is 13. The molecule has 3 N–H and O–H groups in total. The Morgan fingerprint density at radius 1 is 1.00 bits per heavy atom. The van der Waals surface area contributed by atoms with E-state index in [2.05, 4.69) is 24.4 Å². The number of carbonyl (C=O) groups is 2. The lowest BCUT2D eigenvalue weighted by Crippen LogP contribution is -2.46. The molecular weight excluding hydrogens is 470 g/mol. The molecule has 2 atom stereocenters. The first-order valence-electron chi connectivity index (χ1n) is 11.6. The molecule has 0 fully saturated rings. The molecule has 2 aromatic carbocycles. The van der Waals surface area contributed by atoms with Crippen molar-refractivity contribution in [3.8, 4) is 0 Å². The predicted molar refractivity (Wildman–Crippen MR) is 133 cm³/mol. The lowest BCUT2D eigenvalue weighted by atomic mass is 10.0. The van der Waals surface area contributed by atoms with Crippen LogP contribution in [0.3, 0.4) is 0 Å². The minimum atomic E-state index is -0.750. The van der Waals surface area contributed by atoms with E-state index in [1.807, 2.05) is 12.1 Å². The molecule has 0 amide bonds. The maximum atomic E-state index is 13.6. The smallest absolute Gasteiger partial charge is 0.306 e. The number of carbonyl (C=O) groups excluding carboxylic acids is 2. The third kappa shape index (κ3) is 8.65. The number of thiophene rings is 1. The van der Waals surface area contributed by atoms with E-state index < -0.39 is 29.7 Å². The third-order valence-corrected chi connectivity index (χ3v) is 6.49. The van der Waals surface area contributed by atoms with Crippen LogP contribution in [0.4, 0.5) is 8.78 Å². The van der Waals surface area contributed by atoms with Gasteiger partial charge in [0.2, 0.25) is 0 Å². The Hall–Kier alpha value is -2.94. The highest BCUT2D eigenvalue weighted by Crippen LogP contribution is 2.15. The van der Waals surface area contributed by atoms with Crippen molar-refractivity contribution >= 4 is 23.1 Å². The summed E-state index contributed by atoms with van der Waals surface area (Å²) in [6.07, 6.45) is 0.252. The third-order valence-electron chi connectivity index (χ3n) is 5.58. The fraction of sp³-hybridized carbons (Fsp3) is 0.333. The standard InChI is InChI=1S/C27H30F2N2O3S/c1-2-18-5-3-6-19(11-18)16-31-17-25(23(30)14-20-12-21(28)15-22(29)13-20)34-27(33)9-8-24(32)26-7-4-10-35-26/h3-7,10-13,15,23,25,31H,2,8-9,14,16-17,30H2,1H3. The second-order valence-corrected chi connectivity index (χ2v) is 9.33. The lowest BCUT2D eigenvalue weighted by Gasteiger charge is -2.25. The van der Waals surface area contributed by atoms with Crippen LogP contribution in [0, 0.1) is 11.6 Å². The largest absolute Gasteiger partial charge is 0.459 e. The molecule has 0 spiro atoms. The van der Waals surface area contributed by atoms with E-state index in [9.17, 15) is 18.4 Å². The minimum Gasteiger partial charge on any atom is -0.459 e. The number of nitrogens with one attached hydrogen (secondary N) is 1. The van der Waals surface area contributed by atoms with Gasteiger partial charge in [0.25, 0.3) is 0 Å². The van der Waals surface area contributed by atoms with Gasteiger partial charge in [-0.3, -0.25) is 9.59 Å². The Morgan fingerprint density at radius 2 is 1.74 bits per heavy atom. The zero-order chi connectivity index (χ0) is 25.2. The number of ketones is 1. The topological polar surface area (TPSA) is 81.4 Å². The first-order chi connectivity index (χ1) is 16.8. The molecule has 0 aliphatic heterocycles. The molecular formula is C27H30F2N2O3S. The average Bonchev–Trinajstić information content (AvgIpc) is 3.36. The van der Waals surface area contributed by atoms with E-state index >= 15 is 0 Å². The summed E-state index contributed by atoms with van der Waals surface area (Å²) in [6.45, 7) is 2.87. The van der Waals surface area contributed by atoms with Crippen LogP contribution in [0.15, 0.2) is 60.0 Å². The molecule has 1 heterocycles. The summed E-state index contributed by atoms with van der Waals surface area (Å²) in [7, 11) is 0. The van der Waals surface area contributed by atoms with Crippen LogP contribution in [0.2, 0.25) is 0 Å². The molecule has 186 valence electrons. The SMILES string of the molecule is CCc1cccc(CNCC(OC(=O)CCC(=O)c2cccs2)C(N)Cc2cc(F)cc(F)c2)c1. The van der Waals surface area contributed by atoms with Gasteiger partial charge in [-0.05, 0) is 53.1 Å². The monoisotopic (exact) mass is 500 g/mol. The zero-order valence-electron chi connectivity index (χ0n) is 19.6. The second-order valence-electron chi connectivity index (χ2n) is 8.38. The summed E-state index contributed by atoms with van der Waals surface area (Å²) in [5.74, 6) is -2.05. The van der Waals surface area contributed by atoms with Gasteiger partial charge in [0.1, 0.15) is 17.7 Å². The highest BCUT2D eigenvalue weighted by molar-refractivity contribution is 7.12. The Balaban J connectivity index is 1.62. The molecule has 0 aliphatic carbocycles. The van der Waals surface area contributed by atoms with E-state index in [1.54, 1.807) is 17.5 Å². The van der Waals surface area contributed by atoms with Gasteiger partial charge in [0.15, 0.2) is 5.78 Å². The summed E-state index contributed by atoms with van der Waals surface area (Å²) in [5.41, 5.74) is 9.00. The van der Waals surface area contributed by atoms with Gasteiger partial charge in [-0.15, -0.1) is 11.3 Å². The van der Waals surface area contributed by atoms with Crippen LogP contribution in [0.25, 0.3) is 0 Å². The summed E-state index contributed by atoms with van der Waals surface area (Å²) in [5, 5.41) is 5.07. The van der Waals surface area contributed by atoms with Gasteiger partial charge >= 0.3 is 5.97 Å².